The molecule has 2 bridgehead atoms. The first-order valence-corrected chi connectivity index (χ1v) is 9.45. The molecule has 134 valence electrons. The fraction of sp³-hybridized carbons (Fsp3) is 0.429. The lowest BCUT2D eigenvalue weighted by Gasteiger charge is -2.44. The van der Waals surface area contributed by atoms with Crippen LogP contribution in [0.15, 0.2) is 48.8 Å². The number of fused-ring (bicyclic) bond motifs is 3. The van der Waals surface area contributed by atoms with Crippen LogP contribution < -0.4 is 0 Å². The smallest absolute Gasteiger partial charge is 0.155 e. The Morgan fingerprint density at radius 1 is 1.15 bits per heavy atom. The molecule has 0 amide bonds. The summed E-state index contributed by atoms with van der Waals surface area (Å²) in [5.74, 6) is 0. The number of nitrogens with zero attached hydrogens (tertiary/aromatic N) is 4. The highest BCUT2D eigenvalue weighted by Gasteiger charge is 2.48. The van der Waals surface area contributed by atoms with Crippen LogP contribution in [0.4, 0.5) is 0 Å². The Balaban J connectivity index is 1.41. The minimum Gasteiger partial charge on any atom is -0.385 e. The summed E-state index contributed by atoms with van der Waals surface area (Å²) >= 11 is 0. The molecule has 3 aromatic rings. The summed E-state index contributed by atoms with van der Waals surface area (Å²) in [6, 6.07) is 13.5. The van der Waals surface area contributed by atoms with Crippen LogP contribution in [0, 0.1) is 6.92 Å². The van der Waals surface area contributed by atoms with Crippen LogP contribution in [0.2, 0.25) is 0 Å². The Bertz CT molecular complexity index is 922. The third-order valence-corrected chi connectivity index (χ3v) is 6.10. The van der Waals surface area contributed by atoms with E-state index in [4.69, 9.17) is 0 Å². The van der Waals surface area contributed by atoms with E-state index in [-0.39, 0.29) is 0 Å². The van der Waals surface area contributed by atoms with Gasteiger partial charge >= 0.3 is 0 Å². The van der Waals surface area contributed by atoms with E-state index in [2.05, 4.69) is 45.3 Å². The predicted octanol–water partition coefficient (Wildman–Crippen LogP) is 3.05. The topological polar surface area (TPSA) is 53.7 Å². The molecular formula is C21H24N4O. The van der Waals surface area contributed by atoms with Crippen LogP contribution in [0.3, 0.4) is 0 Å². The van der Waals surface area contributed by atoms with Gasteiger partial charge in [-0.2, -0.15) is 5.10 Å². The van der Waals surface area contributed by atoms with E-state index < -0.39 is 5.60 Å². The number of piperidine rings is 1. The van der Waals surface area contributed by atoms with Crippen molar-refractivity contribution in [3.05, 3.63) is 65.6 Å². The second-order valence-electron chi connectivity index (χ2n) is 7.91. The summed E-state index contributed by atoms with van der Waals surface area (Å²) < 4.78 is 1.79. The zero-order chi connectivity index (χ0) is 17.7. The van der Waals surface area contributed by atoms with Crippen molar-refractivity contribution < 1.29 is 5.11 Å². The molecule has 2 atom stereocenters. The van der Waals surface area contributed by atoms with Crippen LogP contribution in [0.5, 0.6) is 0 Å². The highest BCUT2D eigenvalue weighted by atomic mass is 16.3. The largest absolute Gasteiger partial charge is 0.385 e. The number of hydrogen-bond acceptors (Lipinski definition) is 4. The monoisotopic (exact) mass is 348 g/mol. The van der Waals surface area contributed by atoms with Gasteiger partial charge in [0.15, 0.2) is 5.65 Å². The molecular weight excluding hydrogens is 324 g/mol. The minimum atomic E-state index is -0.805. The molecule has 2 unspecified atom stereocenters. The van der Waals surface area contributed by atoms with E-state index in [0.717, 1.165) is 49.1 Å². The molecule has 5 nitrogen and oxygen atoms in total. The molecule has 5 heteroatoms. The Kier molecular flexibility index (Phi) is 3.62. The number of benzene rings is 1. The predicted molar refractivity (Wildman–Crippen MR) is 99.6 cm³/mol. The van der Waals surface area contributed by atoms with Gasteiger partial charge in [0.05, 0.1) is 11.3 Å². The zero-order valence-corrected chi connectivity index (χ0v) is 15.0. The first-order chi connectivity index (χ1) is 12.6. The van der Waals surface area contributed by atoms with Gasteiger partial charge in [-0.3, -0.25) is 4.90 Å². The van der Waals surface area contributed by atoms with E-state index >= 15 is 0 Å². The van der Waals surface area contributed by atoms with Crippen LogP contribution >= 0.6 is 0 Å². The molecule has 2 aliphatic heterocycles. The van der Waals surface area contributed by atoms with Gasteiger partial charge in [-0.15, -0.1) is 0 Å². The van der Waals surface area contributed by atoms with Crippen molar-refractivity contribution in [2.24, 2.45) is 0 Å². The summed E-state index contributed by atoms with van der Waals surface area (Å²) in [7, 11) is 0. The standard InChI is InChI=1S/C21H24N4O/c1-15-9-20-22-12-17(14-25(20)23-15)21(26)10-18-7-8-19(11-21)24(18)13-16-5-3-2-4-6-16/h2-6,9,12,14,18-19,26H,7-8,10-11,13H2,1H3. The molecule has 2 aliphatic rings. The minimum absolute atomic E-state index is 0.425. The van der Waals surface area contributed by atoms with Crippen LogP contribution in [0.25, 0.3) is 5.65 Å². The molecule has 2 aromatic heterocycles. The van der Waals surface area contributed by atoms with Crippen molar-refractivity contribution in [3.8, 4) is 0 Å². The third kappa shape index (κ3) is 2.63. The maximum absolute atomic E-state index is 11.5. The average Bonchev–Trinajstić information content (AvgIpc) is 3.12. The summed E-state index contributed by atoms with van der Waals surface area (Å²) in [5, 5.41) is 15.9. The fourth-order valence-electron chi connectivity index (χ4n) is 4.84. The summed E-state index contributed by atoms with van der Waals surface area (Å²) in [6.45, 7) is 2.94. The Hall–Kier alpha value is -2.24. The Morgan fingerprint density at radius 3 is 2.62 bits per heavy atom. The van der Waals surface area contributed by atoms with E-state index in [1.165, 1.54) is 5.56 Å². The summed E-state index contributed by atoms with van der Waals surface area (Å²) in [5.41, 5.74) is 3.22. The van der Waals surface area contributed by atoms with Crippen molar-refractivity contribution in [1.82, 2.24) is 19.5 Å². The van der Waals surface area contributed by atoms with Gasteiger partial charge < -0.3 is 5.11 Å². The quantitative estimate of drug-likeness (QED) is 0.790. The van der Waals surface area contributed by atoms with E-state index in [0.29, 0.717) is 12.1 Å². The maximum Gasteiger partial charge on any atom is 0.155 e. The molecule has 5 rings (SSSR count). The SMILES string of the molecule is Cc1cc2ncc(C3(O)CC4CCC(C3)N4Cc3ccccc3)cn2n1. The molecule has 2 fully saturated rings. The van der Waals surface area contributed by atoms with Gasteiger partial charge in [-0.1, -0.05) is 30.3 Å². The van der Waals surface area contributed by atoms with Crippen molar-refractivity contribution in [2.45, 2.75) is 56.8 Å². The molecule has 26 heavy (non-hydrogen) atoms. The number of aryl methyl sites for hydroxylation is 1. The van der Waals surface area contributed by atoms with Gasteiger partial charge in [0.2, 0.25) is 0 Å². The fourth-order valence-corrected chi connectivity index (χ4v) is 4.84. The van der Waals surface area contributed by atoms with E-state index in [9.17, 15) is 5.11 Å². The number of rotatable bonds is 3. The van der Waals surface area contributed by atoms with Gasteiger partial charge in [-0.25, -0.2) is 9.50 Å². The molecule has 4 heterocycles. The van der Waals surface area contributed by atoms with Crippen LogP contribution in [-0.2, 0) is 12.1 Å². The normalized spacial score (nSPS) is 28.7. The Labute approximate surface area is 153 Å². The van der Waals surface area contributed by atoms with E-state index in [1.807, 2.05) is 25.4 Å². The lowest BCUT2D eigenvalue weighted by molar-refractivity contribution is -0.0600. The number of aromatic nitrogens is 3. The second-order valence-corrected chi connectivity index (χ2v) is 7.91. The van der Waals surface area contributed by atoms with Gasteiger partial charge in [0.25, 0.3) is 0 Å². The molecule has 0 spiro atoms. The molecule has 0 radical (unpaired) electrons. The van der Waals surface area contributed by atoms with Crippen LogP contribution in [-0.4, -0.2) is 36.7 Å². The first kappa shape index (κ1) is 16.0. The van der Waals surface area contributed by atoms with Crippen LogP contribution in [0.1, 0.15) is 42.5 Å². The molecule has 0 aliphatic carbocycles. The van der Waals surface area contributed by atoms with Gasteiger partial charge in [0.1, 0.15) is 0 Å². The third-order valence-electron chi connectivity index (χ3n) is 6.10. The van der Waals surface area contributed by atoms with Crippen molar-refractivity contribution in [3.63, 3.8) is 0 Å². The molecule has 1 aromatic carbocycles. The second kappa shape index (κ2) is 5.89. The molecule has 1 N–H and O–H groups in total. The zero-order valence-electron chi connectivity index (χ0n) is 15.0. The van der Waals surface area contributed by atoms with Gasteiger partial charge in [-0.05, 0) is 38.2 Å². The lowest BCUT2D eigenvalue weighted by Crippen LogP contribution is -2.49. The maximum atomic E-state index is 11.5. The van der Waals surface area contributed by atoms with E-state index in [1.54, 1.807) is 4.52 Å². The molecule has 0 saturated carbocycles. The van der Waals surface area contributed by atoms with Crippen molar-refractivity contribution >= 4 is 5.65 Å². The first-order valence-electron chi connectivity index (χ1n) is 9.45. The summed E-state index contributed by atoms with van der Waals surface area (Å²) in [6.07, 6.45) is 7.66. The highest BCUT2D eigenvalue weighted by molar-refractivity contribution is 5.40. The molecule has 2 saturated heterocycles. The van der Waals surface area contributed by atoms with Crippen molar-refractivity contribution in [2.75, 3.05) is 0 Å². The lowest BCUT2D eigenvalue weighted by atomic mass is 9.81. The number of aliphatic hydroxyl groups is 1. The average molecular weight is 348 g/mol. The van der Waals surface area contributed by atoms with Crippen molar-refractivity contribution in [1.29, 1.82) is 0 Å². The van der Waals surface area contributed by atoms with Gasteiger partial charge in [0, 0.05) is 42.7 Å². The summed E-state index contributed by atoms with van der Waals surface area (Å²) in [4.78, 5) is 7.10. The highest BCUT2D eigenvalue weighted by Crippen LogP contribution is 2.46. The Morgan fingerprint density at radius 2 is 1.88 bits per heavy atom. The number of hydrogen-bond donors (Lipinski definition) is 1.